The lowest BCUT2D eigenvalue weighted by molar-refractivity contribution is -0.128. The van der Waals surface area contributed by atoms with Crippen LogP contribution in [0.3, 0.4) is 0 Å². The molecule has 1 aromatic carbocycles. The average molecular weight is 373 g/mol. The first-order valence-corrected chi connectivity index (χ1v) is 9.71. The molecule has 2 amide bonds. The summed E-state index contributed by atoms with van der Waals surface area (Å²) in [5.74, 6) is 0.635. The minimum atomic E-state index is -0.511. The summed E-state index contributed by atoms with van der Waals surface area (Å²) < 4.78 is 11.3. The number of amides is 2. The van der Waals surface area contributed by atoms with E-state index < -0.39 is 5.41 Å². The van der Waals surface area contributed by atoms with Gasteiger partial charge < -0.3 is 9.47 Å². The van der Waals surface area contributed by atoms with E-state index in [0.717, 1.165) is 58.1 Å². The van der Waals surface area contributed by atoms with Crippen LogP contribution in [0.5, 0.6) is 5.75 Å². The first-order chi connectivity index (χ1) is 13.1. The highest BCUT2D eigenvalue weighted by molar-refractivity contribution is 6.06. The largest absolute Gasteiger partial charge is 0.492 e. The second-order valence-corrected chi connectivity index (χ2v) is 7.74. The van der Waals surface area contributed by atoms with Gasteiger partial charge in [0.15, 0.2) is 0 Å². The fraction of sp³-hybridized carbons (Fsp3) is 0.600. The van der Waals surface area contributed by atoms with Crippen LogP contribution < -0.4 is 10.1 Å². The van der Waals surface area contributed by atoms with E-state index in [4.69, 9.17) is 9.47 Å². The molecule has 7 nitrogen and oxygen atoms in total. The summed E-state index contributed by atoms with van der Waals surface area (Å²) in [5, 5.41) is 2.46. The van der Waals surface area contributed by atoms with Gasteiger partial charge in [-0.05, 0) is 30.7 Å². The Morgan fingerprint density at radius 2 is 2.00 bits per heavy atom. The molecule has 0 bridgehead atoms. The Labute approximate surface area is 159 Å². The van der Waals surface area contributed by atoms with Crippen molar-refractivity contribution in [3.63, 3.8) is 0 Å². The molecule has 0 radical (unpaired) electrons. The van der Waals surface area contributed by atoms with Crippen LogP contribution in [0, 0.1) is 5.41 Å². The molecule has 3 fully saturated rings. The van der Waals surface area contributed by atoms with Crippen molar-refractivity contribution in [2.75, 3.05) is 52.5 Å². The van der Waals surface area contributed by atoms with Crippen LogP contribution in [0.15, 0.2) is 24.3 Å². The summed E-state index contributed by atoms with van der Waals surface area (Å²) in [4.78, 5) is 28.3. The minimum absolute atomic E-state index is 0.102. The SMILES string of the molecule is O=C1C[C@]2(CCN(Cc3cccc(OCCN4CCOCC4)c3)C2)C(=O)N1. The zero-order chi connectivity index (χ0) is 18.7. The first-order valence-electron chi connectivity index (χ1n) is 9.71. The van der Waals surface area contributed by atoms with Crippen LogP contribution in [0.2, 0.25) is 0 Å². The molecule has 3 aliphatic heterocycles. The van der Waals surface area contributed by atoms with Crippen LogP contribution in [-0.2, 0) is 20.9 Å². The molecule has 3 heterocycles. The van der Waals surface area contributed by atoms with Crippen molar-refractivity contribution in [3.05, 3.63) is 29.8 Å². The van der Waals surface area contributed by atoms with Gasteiger partial charge in [0.25, 0.3) is 0 Å². The normalized spacial score (nSPS) is 26.7. The van der Waals surface area contributed by atoms with E-state index in [1.54, 1.807) is 0 Å². The van der Waals surface area contributed by atoms with Crippen molar-refractivity contribution in [2.45, 2.75) is 19.4 Å². The van der Waals surface area contributed by atoms with Gasteiger partial charge in [0.2, 0.25) is 11.8 Å². The molecule has 0 unspecified atom stereocenters. The Hall–Kier alpha value is -1.96. The zero-order valence-corrected chi connectivity index (χ0v) is 15.6. The average Bonchev–Trinajstić information content (AvgIpc) is 3.18. The number of benzene rings is 1. The minimum Gasteiger partial charge on any atom is -0.492 e. The Morgan fingerprint density at radius 1 is 1.15 bits per heavy atom. The highest BCUT2D eigenvalue weighted by atomic mass is 16.5. The lowest BCUT2D eigenvalue weighted by Gasteiger charge is -2.26. The van der Waals surface area contributed by atoms with Crippen LogP contribution in [0.1, 0.15) is 18.4 Å². The Kier molecular flexibility index (Phi) is 5.43. The van der Waals surface area contributed by atoms with Crippen LogP contribution in [0.25, 0.3) is 0 Å². The van der Waals surface area contributed by atoms with Gasteiger partial charge in [0.05, 0.1) is 18.6 Å². The molecule has 7 heteroatoms. The third kappa shape index (κ3) is 4.31. The van der Waals surface area contributed by atoms with E-state index in [2.05, 4.69) is 27.2 Å². The summed E-state index contributed by atoms with van der Waals surface area (Å²) in [7, 11) is 0. The molecule has 3 aliphatic rings. The van der Waals surface area contributed by atoms with Gasteiger partial charge in [-0.15, -0.1) is 0 Å². The molecule has 0 saturated carbocycles. The molecule has 4 rings (SSSR count). The highest BCUT2D eigenvalue weighted by Gasteiger charge is 2.50. The maximum absolute atomic E-state index is 12.1. The summed E-state index contributed by atoms with van der Waals surface area (Å²) >= 11 is 0. The molecule has 1 atom stereocenters. The molecular weight excluding hydrogens is 346 g/mol. The number of imide groups is 1. The van der Waals surface area contributed by atoms with Gasteiger partial charge in [-0.3, -0.25) is 24.7 Å². The number of carbonyl (C=O) groups excluding carboxylic acids is 2. The number of nitrogens with zero attached hydrogens (tertiary/aromatic N) is 2. The van der Waals surface area contributed by atoms with Gasteiger partial charge >= 0.3 is 0 Å². The fourth-order valence-corrected chi connectivity index (χ4v) is 4.22. The van der Waals surface area contributed by atoms with Crippen LogP contribution in [-0.4, -0.2) is 74.2 Å². The first kappa shape index (κ1) is 18.4. The number of carbonyl (C=O) groups is 2. The van der Waals surface area contributed by atoms with E-state index in [9.17, 15) is 9.59 Å². The second-order valence-electron chi connectivity index (χ2n) is 7.74. The standard InChI is InChI=1S/C20H27N3O4/c24-18-13-20(19(25)21-18)4-5-23(15-20)14-16-2-1-3-17(12-16)27-11-8-22-6-9-26-10-7-22/h1-3,12H,4-11,13-15H2,(H,21,24,25)/t20-/m0/s1. The van der Waals surface area contributed by atoms with Crippen LogP contribution in [0.4, 0.5) is 0 Å². The van der Waals surface area contributed by atoms with E-state index in [0.29, 0.717) is 19.6 Å². The number of nitrogens with one attached hydrogen (secondary N) is 1. The highest BCUT2D eigenvalue weighted by Crippen LogP contribution is 2.38. The number of morpholine rings is 1. The van der Waals surface area contributed by atoms with E-state index >= 15 is 0 Å². The van der Waals surface area contributed by atoms with Crippen molar-refractivity contribution in [1.29, 1.82) is 0 Å². The van der Waals surface area contributed by atoms with Crippen molar-refractivity contribution >= 4 is 11.8 Å². The lowest BCUT2D eigenvalue weighted by Crippen LogP contribution is -2.38. The quantitative estimate of drug-likeness (QED) is 0.738. The maximum atomic E-state index is 12.1. The third-order valence-corrected chi connectivity index (χ3v) is 5.75. The zero-order valence-electron chi connectivity index (χ0n) is 15.6. The molecule has 1 spiro atoms. The third-order valence-electron chi connectivity index (χ3n) is 5.75. The smallest absolute Gasteiger partial charge is 0.234 e. The number of ether oxygens (including phenoxy) is 2. The van der Waals surface area contributed by atoms with Crippen molar-refractivity contribution in [1.82, 2.24) is 15.1 Å². The number of hydrogen-bond acceptors (Lipinski definition) is 6. The van der Waals surface area contributed by atoms with E-state index in [1.165, 1.54) is 5.56 Å². The number of likely N-dealkylation sites (tertiary alicyclic amines) is 1. The molecule has 1 N–H and O–H groups in total. The van der Waals surface area contributed by atoms with Crippen molar-refractivity contribution in [2.24, 2.45) is 5.41 Å². The fourth-order valence-electron chi connectivity index (χ4n) is 4.22. The summed E-state index contributed by atoms with van der Waals surface area (Å²) in [6, 6.07) is 8.15. The van der Waals surface area contributed by atoms with Gasteiger partial charge in [-0.25, -0.2) is 0 Å². The van der Waals surface area contributed by atoms with Crippen molar-refractivity contribution < 1.29 is 19.1 Å². The molecular formula is C20H27N3O4. The lowest BCUT2D eigenvalue weighted by atomic mass is 9.85. The van der Waals surface area contributed by atoms with Crippen molar-refractivity contribution in [3.8, 4) is 5.75 Å². The Bertz CT molecular complexity index is 704. The summed E-state index contributed by atoms with van der Waals surface area (Å²) in [6.45, 7) is 7.36. The van der Waals surface area contributed by atoms with E-state index in [-0.39, 0.29) is 11.8 Å². The molecule has 1 aromatic rings. The maximum Gasteiger partial charge on any atom is 0.234 e. The molecule has 146 valence electrons. The Morgan fingerprint density at radius 3 is 2.78 bits per heavy atom. The molecule has 27 heavy (non-hydrogen) atoms. The number of hydrogen-bond donors (Lipinski definition) is 1. The van der Waals surface area contributed by atoms with Gasteiger partial charge in [0.1, 0.15) is 12.4 Å². The van der Waals surface area contributed by atoms with Crippen LogP contribution >= 0.6 is 0 Å². The molecule has 0 aromatic heterocycles. The number of rotatable bonds is 6. The van der Waals surface area contributed by atoms with Gasteiger partial charge in [-0.1, -0.05) is 12.1 Å². The molecule has 3 saturated heterocycles. The Balaban J connectivity index is 1.28. The second kappa shape index (κ2) is 7.96. The predicted molar refractivity (Wildman–Crippen MR) is 99.3 cm³/mol. The monoisotopic (exact) mass is 373 g/mol. The van der Waals surface area contributed by atoms with E-state index in [1.807, 2.05) is 12.1 Å². The van der Waals surface area contributed by atoms with Gasteiger partial charge in [-0.2, -0.15) is 0 Å². The van der Waals surface area contributed by atoms with Gasteiger partial charge in [0, 0.05) is 39.1 Å². The predicted octanol–water partition coefficient (Wildman–Crippen LogP) is 0.636. The summed E-state index contributed by atoms with van der Waals surface area (Å²) in [5.41, 5.74) is 0.657. The summed E-state index contributed by atoms with van der Waals surface area (Å²) in [6.07, 6.45) is 1.08. The topological polar surface area (TPSA) is 71.1 Å². The molecule has 0 aliphatic carbocycles.